The molecule has 136 valence electrons. The predicted octanol–water partition coefficient (Wildman–Crippen LogP) is 3.90. The maximum atomic E-state index is 13.1. The van der Waals surface area contributed by atoms with Crippen LogP contribution < -0.4 is 10.6 Å². The van der Waals surface area contributed by atoms with Crippen molar-refractivity contribution in [1.29, 1.82) is 5.26 Å². The van der Waals surface area contributed by atoms with Gasteiger partial charge in [-0.25, -0.2) is 0 Å². The van der Waals surface area contributed by atoms with Crippen LogP contribution in [0.3, 0.4) is 0 Å². The lowest BCUT2D eigenvalue weighted by Gasteiger charge is -2.18. The molecule has 2 amide bonds. The fraction of sp³-hybridized carbons (Fsp3) is 0.105. The molecule has 3 rings (SSSR count). The lowest BCUT2D eigenvalue weighted by atomic mass is 10.1. The Hall–Kier alpha value is -2.46. The highest BCUT2D eigenvalue weighted by atomic mass is 35.5. The van der Waals surface area contributed by atoms with Crippen molar-refractivity contribution in [2.75, 3.05) is 4.90 Å². The van der Waals surface area contributed by atoms with Crippen molar-refractivity contribution in [2.45, 2.75) is 11.7 Å². The van der Waals surface area contributed by atoms with E-state index >= 15 is 0 Å². The molecule has 0 radical (unpaired) electrons. The van der Waals surface area contributed by atoms with Gasteiger partial charge in [0.2, 0.25) is 5.91 Å². The van der Waals surface area contributed by atoms with Crippen LogP contribution in [-0.2, 0) is 16.0 Å². The molecule has 1 fully saturated rings. The zero-order valence-electron chi connectivity index (χ0n) is 13.9. The molecule has 0 saturated carbocycles. The van der Waals surface area contributed by atoms with E-state index in [1.807, 2.05) is 12.1 Å². The number of nitrogens with zero attached hydrogens (tertiary/aromatic N) is 2. The molecule has 0 aromatic heterocycles. The van der Waals surface area contributed by atoms with Crippen LogP contribution >= 0.6 is 35.0 Å². The molecular formula is C19H13Cl2N3O2S. The summed E-state index contributed by atoms with van der Waals surface area (Å²) in [6.07, 6.45) is 0.299. The number of para-hydroxylation sites is 1. The monoisotopic (exact) mass is 417 g/mol. The molecule has 0 spiro atoms. The Balaban J connectivity index is 2.04. The molecule has 1 heterocycles. The van der Waals surface area contributed by atoms with E-state index in [2.05, 4.69) is 0 Å². The quantitative estimate of drug-likeness (QED) is 0.603. The number of anilines is 1. The standard InChI is InChI=1S/C19H13Cl2N3O2S/c20-12-6-7-15(21)11(8-12)9-16-18(26)24(13-4-2-1-3-5-13)19(27-16)14(10-22)17(23)25/h1-8,16H,9H2,(H2,23,25)/b19-14+/t16-/m0/s1. The summed E-state index contributed by atoms with van der Waals surface area (Å²) in [5.41, 5.74) is 6.36. The first-order valence-corrected chi connectivity index (χ1v) is 9.49. The number of rotatable bonds is 4. The van der Waals surface area contributed by atoms with Crippen LogP contribution in [-0.4, -0.2) is 17.1 Å². The third-order valence-corrected chi connectivity index (χ3v) is 5.82. The number of thioether (sulfide) groups is 1. The molecule has 5 nitrogen and oxygen atoms in total. The third kappa shape index (κ3) is 3.96. The first kappa shape index (κ1) is 19.3. The van der Waals surface area contributed by atoms with E-state index in [9.17, 15) is 14.9 Å². The highest BCUT2D eigenvalue weighted by Crippen LogP contribution is 2.42. The Labute approximate surface area is 170 Å². The maximum absolute atomic E-state index is 13.1. The number of benzene rings is 2. The topological polar surface area (TPSA) is 87.2 Å². The van der Waals surface area contributed by atoms with Crippen LogP contribution in [0.2, 0.25) is 10.0 Å². The van der Waals surface area contributed by atoms with Gasteiger partial charge in [0.15, 0.2) is 0 Å². The Kier molecular flexibility index (Phi) is 5.76. The zero-order valence-corrected chi connectivity index (χ0v) is 16.2. The number of primary amides is 1. The Morgan fingerprint density at radius 2 is 1.93 bits per heavy atom. The SMILES string of the molecule is N#C/C(C(N)=O)=C1\S[C@@H](Cc2cc(Cl)ccc2Cl)C(=O)N1c1ccccc1. The molecule has 2 aromatic carbocycles. The van der Waals surface area contributed by atoms with Gasteiger partial charge in [-0.15, -0.1) is 0 Å². The Morgan fingerprint density at radius 1 is 1.22 bits per heavy atom. The van der Waals surface area contributed by atoms with Gasteiger partial charge in [0.05, 0.1) is 5.25 Å². The Bertz CT molecular complexity index is 986. The largest absolute Gasteiger partial charge is 0.365 e. The molecule has 8 heteroatoms. The second-order valence-corrected chi connectivity index (χ2v) is 7.75. The summed E-state index contributed by atoms with van der Waals surface area (Å²) in [5.74, 6) is -1.14. The first-order chi connectivity index (χ1) is 12.9. The smallest absolute Gasteiger partial charge is 0.262 e. The van der Waals surface area contributed by atoms with Crippen molar-refractivity contribution < 1.29 is 9.59 Å². The minimum absolute atomic E-state index is 0.226. The lowest BCUT2D eigenvalue weighted by molar-refractivity contribution is -0.117. The van der Waals surface area contributed by atoms with Crippen molar-refractivity contribution in [2.24, 2.45) is 5.73 Å². The highest BCUT2D eigenvalue weighted by Gasteiger charge is 2.40. The molecule has 0 aliphatic carbocycles. The third-order valence-electron chi connectivity index (χ3n) is 3.95. The van der Waals surface area contributed by atoms with Crippen LogP contribution in [0.15, 0.2) is 59.1 Å². The van der Waals surface area contributed by atoms with Gasteiger partial charge >= 0.3 is 0 Å². The van der Waals surface area contributed by atoms with Crippen LogP contribution in [0.1, 0.15) is 5.56 Å². The van der Waals surface area contributed by atoms with E-state index in [0.29, 0.717) is 27.7 Å². The van der Waals surface area contributed by atoms with Gasteiger partial charge in [-0.1, -0.05) is 53.2 Å². The van der Waals surface area contributed by atoms with Gasteiger partial charge in [-0.2, -0.15) is 5.26 Å². The normalized spacial score (nSPS) is 18.3. The summed E-state index contributed by atoms with van der Waals surface area (Å²) in [7, 11) is 0. The van der Waals surface area contributed by atoms with E-state index in [4.69, 9.17) is 28.9 Å². The number of hydrogen-bond acceptors (Lipinski definition) is 4. The first-order valence-electron chi connectivity index (χ1n) is 7.86. The van der Waals surface area contributed by atoms with Gasteiger partial charge < -0.3 is 5.73 Å². The molecule has 1 aliphatic rings. The van der Waals surface area contributed by atoms with Crippen molar-refractivity contribution in [1.82, 2.24) is 0 Å². The minimum atomic E-state index is -0.879. The molecule has 1 atom stereocenters. The Morgan fingerprint density at radius 3 is 2.56 bits per heavy atom. The lowest BCUT2D eigenvalue weighted by Crippen LogP contribution is -2.31. The van der Waals surface area contributed by atoms with Crippen LogP contribution in [0.4, 0.5) is 5.69 Å². The van der Waals surface area contributed by atoms with Gasteiger partial charge in [0, 0.05) is 15.7 Å². The molecule has 27 heavy (non-hydrogen) atoms. The molecule has 0 unspecified atom stereocenters. The molecule has 1 saturated heterocycles. The van der Waals surface area contributed by atoms with E-state index in [0.717, 1.165) is 11.8 Å². The summed E-state index contributed by atoms with van der Waals surface area (Å²) in [6, 6.07) is 15.6. The zero-order chi connectivity index (χ0) is 19.6. The van der Waals surface area contributed by atoms with Gasteiger partial charge in [0.1, 0.15) is 16.7 Å². The number of amides is 2. The second kappa shape index (κ2) is 8.05. The van der Waals surface area contributed by atoms with E-state index in [1.165, 1.54) is 4.90 Å². The van der Waals surface area contributed by atoms with Crippen molar-refractivity contribution in [3.63, 3.8) is 0 Å². The van der Waals surface area contributed by atoms with Gasteiger partial charge in [0.25, 0.3) is 5.91 Å². The average Bonchev–Trinajstić information content (AvgIpc) is 2.95. The second-order valence-electron chi connectivity index (χ2n) is 5.71. The van der Waals surface area contributed by atoms with E-state index < -0.39 is 11.2 Å². The van der Waals surface area contributed by atoms with E-state index in [-0.39, 0.29) is 16.5 Å². The van der Waals surface area contributed by atoms with Crippen LogP contribution in [0.25, 0.3) is 0 Å². The fourth-order valence-corrected chi connectivity index (χ4v) is 4.40. The van der Waals surface area contributed by atoms with Crippen LogP contribution in [0.5, 0.6) is 0 Å². The summed E-state index contributed by atoms with van der Waals surface area (Å²) in [5, 5.41) is 10.0. The highest BCUT2D eigenvalue weighted by molar-refractivity contribution is 8.05. The molecule has 2 aromatic rings. The minimum Gasteiger partial charge on any atom is -0.365 e. The van der Waals surface area contributed by atoms with Gasteiger partial charge in [-0.05, 0) is 42.3 Å². The number of halogens is 2. The summed E-state index contributed by atoms with van der Waals surface area (Å²) in [4.78, 5) is 26.2. The summed E-state index contributed by atoms with van der Waals surface area (Å²) < 4.78 is 0. The maximum Gasteiger partial charge on any atom is 0.262 e. The van der Waals surface area contributed by atoms with Gasteiger partial charge in [-0.3, -0.25) is 14.5 Å². The fourth-order valence-electron chi connectivity index (χ4n) is 2.71. The molecular weight excluding hydrogens is 405 g/mol. The molecule has 1 aliphatic heterocycles. The number of nitriles is 1. The summed E-state index contributed by atoms with van der Waals surface area (Å²) in [6.45, 7) is 0. The van der Waals surface area contributed by atoms with Crippen molar-refractivity contribution >= 4 is 52.5 Å². The predicted molar refractivity (Wildman–Crippen MR) is 107 cm³/mol. The van der Waals surface area contributed by atoms with Crippen LogP contribution in [0, 0.1) is 11.3 Å². The number of nitrogens with two attached hydrogens (primary N) is 1. The molecule has 0 bridgehead atoms. The number of carbonyl (C=O) groups excluding carboxylic acids is 2. The average molecular weight is 418 g/mol. The molecule has 2 N–H and O–H groups in total. The number of hydrogen-bond donors (Lipinski definition) is 1. The summed E-state index contributed by atoms with van der Waals surface area (Å²) >= 11 is 13.4. The van der Waals surface area contributed by atoms with Crippen molar-refractivity contribution in [3.05, 3.63) is 74.7 Å². The van der Waals surface area contributed by atoms with E-state index in [1.54, 1.807) is 42.5 Å². The number of carbonyl (C=O) groups is 2. The van der Waals surface area contributed by atoms with Crippen molar-refractivity contribution in [3.8, 4) is 6.07 Å².